The maximum absolute atomic E-state index is 13.4. The van der Waals surface area contributed by atoms with E-state index < -0.39 is 0 Å². The third-order valence-electron chi connectivity index (χ3n) is 10.7. The van der Waals surface area contributed by atoms with E-state index in [0.717, 1.165) is 54.9 Å². The van der Waals surface area contributed by atoms with Crippen LogP contribution in [0, 0.1) is 0 Å². The number of rotatable bonds is 8. The lowest BCUT2D eigenvalue weighted by Crippen LogP contribution is -2.45. The number of hydrogen-bond donors (Lipinski definition) is 4. The minimum atomic E-state index is -0.263. The summed E-state index contributed by atoms with van der Waals surface area (Å²) in [6.07, 6.45) is 6.42. The summed E-state index contributed by atoms with van der Waals surface area (Å²) in [6, 6.07) is 16.6. The first-order valence-corrected chi connectivity index (χ1v) is 19.7. The van der Waals surface area contributed by atoms with Crippen LogP contribution < -0.4 is 21.3 Å². The van der Waals surface area contributed by atoms with E-state index in [0.29, 0.717) is 54.1 Å². The van der Waals surface area contributed by atoms with E-state index in [1.54, 1.807) is 18.2 Å². The summed E-state index contributed by atoms with van der Waals surface area (Å²) >= 11 is 6.62. The number of carbonyl (C=O) groups is 3. The van der Waals surface area contributed by atoms with Crippen molar-refractivity contribution in [3.05, 3.63) is 77.1 Å². The molecule has 2 atom stereocenters. The van der Waals surface area contributed by atoms with Crippen LogP contribution in [0.1, 0.15) is 55.7 Å². The Hall–Kier alpha value is -5.41. The summed E-state index contributed by atoms with van der Waals surface area (Å²) < 4.78 is 2.28. The monoisotopic (exact) mass is 763 g/mol. The Bertz CT molecular complexity index is 2160. The molecule has 2 aromatic carbocycles. The van der Waals surface area contributed by atoms with Crippen molar-refractivity contribution in [3.63, 3.8) is 0 Å². The number of likely N-dealkylation sites (tertiary alicyclic amines) is 1. The van der Waals surface area contributed by atoms with Gasteiger partial charge in [0, 0.05) is 59.9 Å². The molecule has 3 amide bonds. The number of benzene rings is 2. The first-order chi connectivity index (χ1) is 26.2. The number of imide groups is 1. The van der Waals surface area contributed by atoms with Gasteiger partial charge >= 0.3 is 5.95 Å². The van der Waals surface area contributed by atoms with Gasteiger partial charge in [-0.2, -0.15) is 0 Å². The van der Waals surface area contributed by atoms with Crippen LogP contribution in [0.5, 0.6) is 5.75 Å². The van der Waals surface area contributed by atoms with Crippen molar-refractivity contribution in [2.45, 2.75) is 62.6 Å². The number of phenolic OH excluding ortho intramolecular Hbond substituents is 1. The van der Waals surface area contributed by atoms with E-state index in [9.17, 15) is 19.5 Å². The number of hydrogen-bond acceptors (Lipinski definition) is 11. The van der Waals surface area contributed by atoms with Crippen molar-refractivity contribution in [2.75, 3.05) is 42.1 Å². The molecule has 4 aliphatic heterocycles. The number of phenols is 1. The largest absolute Gasteiger partial charge is 0.507 e. The number of nitrogens with zero attached hydrogens (tertiary/aromatic N) is 7. The van der Waals surface area contributed by atoms with Crippen LogP contribution in [0.4, 0.5) is 27.9 Å². The molecule has 0 spiro atoms. The first-order valence-electron chi connectivity index (χ1n) is 18.2. The van der Waals surface area contributed by atoms with Crippen molar-refractivity contribution in [1.29, 1.82) is 0 Å². The van der Waals surface area contributed by atoms with E-state index in [2.05, 4.69) is 30.3 Å². The number of aromatic hydroxyl groups is 1. The quantitative estimate of drug-likeness (QED) is 0.150. The molecule has 4 aliphatic rings. The molecule has 8 rings (SSSR count). The third kappa shape index (κ3) is 7.50. The second-order valence-electron chi connectivity index (χ2n) is 14.2. The number of nitrogens with one attached hydrogen (secondary N) is 2. The van der Waals surface area contributed by atoms with Crippen LogP contribution in [0.15, 0.2) is 60.8 Å². The fraction of sp³-hybridized carbons (Fsp3) is 0.368. The molecule has 0 saturated carbocycles. The maximum Gasteiger partial charge on any atom is 0.433 e. The van der Waals surface area contributed by atoms with Gasteiger partial charge in [0.1, 0.15) is 23.7 Å². The predicted molar refractivity (Wildman–Crippen MR) is 205 cm³/mol. The number of aromatic nitrogens is 4. The molecule has 2 radical (unpaired) electrons. The van der Waals surface area contributed by atoms with E-state index in [1.807, 2.05) is 47.5 Å². The van der Waals surface area contributed by atoms with E-state index in [1.165, 1.54) is 5.71 Å². The Balaban J connectivity index is 0.890. The minimum absolute atomic E-state index is 0.0310. The summed E-state index contributed by atoms with van der Waals surface area (Å²) in [5, 5.41) is 25.1. The summed E-state index contributed by atoms with van der Waals surface area (Å²) in [5.41, 5.74) is 11.6. The van der Waals surface area contributed by atoms with E-state index >= 15 is 0 Å². The lowest BCUT2D eigenvalue weighted by atomic mass is 9.93. The molecule has 54 heavy (non-hydrogen) atoms. The van der Waals surface area contributed by atoms with E-state index in [4.69, 9.17) is 27.3 Å². The van der Waals surface area contributed by atoms with Gasteiger partial charge in [0.05, 0.1) is 36.6 Å². The fourth-order valence-electron chi connectivity index (χ4n) is 7.89. The number of piperidine rings is 1. The zero-order valence-electron chi connectivity index (χ0n) is 29.5. The number of fused-ring (bicyclic) bond motifs is 1. The average Bonchev–Trinajstić information content (AvgIpc) is 3.32. The van der Waals surface area contributed by atoms with Crippen LogP contribution in [0.25, 0.3) is 11.3 Å². The second kappa shape index (κ2) is 15.1. The van der Waals surface area contributed by atoms with Gasteiger partial charge in [-0.3, -0.25) is 14.4 Å². The molecular formula is C38H40ClN10O4Si+. The topological polar surface area (TPSA) is 183 Å². The maximum atomic E-state index is 13.4. The lowest BCUT2D eigenvalue weighted by Gasteiger charge is -2.32. The van der Waals surface area contributed by atoms with Gasteiger partial charge in [0.15, 0.2) is 20.9 Å². The molecule has 2 fully saturated rings. The Morgan fingerprint density at radius 3 is 2.69 bits per heavy atom. The molecule has 5 N–H and O–H groups in total. The summed E-state index contributed by atoms with van der Waals surface area (Å²) in [5.74, 6) is 1.20. The zero-order valence-corrected chi connectivity index (χ0v) is 31.3. The summed E-state index contributed by atoms with van der Waals surface area (Å²) in [4.78, 5) is 50.9. The van der Waals surface area contributed by atoms with Gasteiger partial charge in [-0.05, 0) is 61.6 Å². The Kier molecular flexibility index (Phi) is 9.98. The highest BCUT2D eigenvalue weighted by Gasteiger charge is 2.40. The molecular weight excluding hydrogens is 724 g/mol. The highest BCUT2D eigenvalue weighted by molar-refractivity contribution is 6.76. The van der Waals surface area contributed by atoms with Crippen LogP contribution in [0.2, 0.25) is 5.02 Å². The van der Waals surface area contributed by atoms with Gasteiger partial charge in [0.25, 0.3) is 0 Å². The smallest absolute Gasteiger partial charge is 0.433 e. The fourth-order valence-corrected chi connectivity index (χ4v) is 9.19. The van der Waals surface area contributed by atoms with Crippen molar-refractivity contribution >= 4 is 67.3 Å². The number of nitrogens with two attached hydrogens (primary N) is 1. The number of amides is 3. The SMILES string of the molecule is Nc1nnc(-c2ccccc2O)cc1N1CC2=[N+](c3nccc(C4CCN(C(=O)Cc5ccc(N[C@H]6CCC(=O)NC(=O)[Si]6)cc5Cl)CC4)n3)[C@@H](CC2)C1. The Labute approximate surface area is 319 Å². The van der Waals surface area contributed by atoms with Crippen LogP contribution in [-0.4, -0.2) is 105 Å². The number of carbonyl (C=O) groups excluding carboxylic acids is 3. The molecule has 4 aromatic rings. The van der Waals surface area contributed by atoms with Crippen molar-refractivity contribution in [3.8, 4) is 17.0 Å². The number of para-hydroxylation sites is 1. The summed E-state index contributed by atoms with van der Waals surface area (Å²) in [7, 11) is -0.0718. The van der Waals surface area contributed by atoms with E-state index in [-0.39, 0.29) is 63.1 Å². The highest BCUT2D eigenvalue weighted by atomic mass is 35.5. The van der Waals surface area contributed by atoms with Gasteiger partial charge < -0.3 is 31.3 Å². The van der Waals surface area contributed by atoms with Crippen molar-refractivity contribution < 1.29 is 24.1 Å². The highest BCUT2D eigenvalue weighted by Crippen LogP contribution is 2.35. The van der Waals surface area contributed by atoms with Crippen LogP contribution in [-0.2, 0) is 16.0 Å². The molecule has 14 nitrogen and oxygen atoms in total. The number of anilines is 3. The van der Waals surface area contributed by atoms with Crippen LogP contribution in [0.3, 0.4) is 0 Å². The summed E-state index contributed by atoms with van der Waals surface area (Å²) in [6.45, 7) is 2.64. The Morgan fingerprint density at radius 1 is 1.06 bits per heavy atom. The predicted octanol–water partition coefficient (Wildman–Crippen LogP) is 4.06. The van der Waals surface area contributed by atoms with Gasteiger partial charge in [-0.15, -0.1) is 10.2 Å². The number of nitrogen functional groups attached to an aromatic ring is 1. The molecule has 2 saturated heterocycles. The first kappa shape index (κ1) is 35.6. The third-order valence-corrected chi connectivity index (χ3v) is 12.2. The average molecular weight is 764 g/mol. The molecule has 0 unspecified atom stereocenters. The van der Waals surface area contributed by atoms with Gasteiger partial charge in [0.2, 0.25) is 11.8 Å². The van der Waals surface area contributed by atoms with Gasteiger partial charge in [-0.25, -0.2) is 4.58 Å². The molecule has 276 valence electrons. The zero-order chi connectivity index (χ0) is 37.3. The van der Waals surface area contributed by atoms with Crippen molar-refractivity contribution in [2.24, 2.45) is 0 Å². The normalized spacial score (nSPS) is 20.5. The molecule has 2 bridgehead atoms. The molecule has 0 aliphatic carbocycles. The minimum Gasteiger partial charge on any atom is -0.507 e. The van der Waals surface area contributed by atoms with Crippen molar-refractivity contribution in [1.82, 2.24) is 30.4 Å². The molecule has 2 aromatic heterocycles. The Morgan fingerprint density at radius 2 is 1.89 bits per heavy atom. The second-order valence-corrected chi connectivity index (χ2v) is 16.1. The van der Waals surface area contributed by atoms with Crippen LogP contribution >= 0.6 is 11.6 Å². The standard InChI is InChI=1S/C38H39ClN10O4Si/c39-28-18-24(42-34-10-9-33(51)44-38(53)54-34)6-5-23(28)17-35(52)47-15-12-22(13-16-47)29-11-14-41-37(43-29)49-25-7-8-26(49)21-48(20-25)31-19-30(45-46-36(31)40)27-3-1-2-4-32(27)50/h1-6,11,14,18-19,22,25,34,42H,7-10,12-13,15-17,20-21H2,(H3-,40,44,45,46,50,51,53)/p+1/t25-,34+/m0/s1. The van der Waals surface area contributed by atoms with Gasteiger partial charge in [-0.1, -0.05) is 39.8 Å². The molecule has 16 heteroatoms. The number of halogens is 1. The molecule has 6 heterocycles. The lowest BCUT2D eigenvalue weighted by molar-refractivity contribution is -0.484.